The molecule has 0 aromatic heterocycles. The van der Waals surface area contributed by atoms with Crippen LogP contribution in [-0.4, -0.2) is 268 Å². The van der Waals surface area contributed by atoms with Crippen LogP contribution < -0.4 is 5.32 Å². The maximum absolute atomic E-state index is 13.6. The number of aliphatic hydroxyl groups is 16. The number of nitrogens with one attached hydrogen (secondary N) is 1. The van der Waals surface area contributed by atoms with Crippen molar-refractivity contribution in [2.24, 2.45) is 0 Å². The van der Waals surface area contributed by atoms with Crippen molar-refractivity contribution in [2.45, 2.75) is 379 Å². The van der Waals surface area contributed by atoms with Crippen LogP contribution in [0, 0.1) is 0 Å². The molecular formula is C66H125NO25. The van der Waals surface area contributed by atoms with E-state index in [1.807, 2.05) is 0 Å². The van der Waals surface area contributed by atoms with Gasteiger partial charge in [0.25, 0.3) is 0 Å². The molecule has 4 saturated heterocycles. The summed E-state index contributed by atoms with van der Waals surface area (Å²) in [6.07, 6.45) is -2.97. The minimum atomic E-state index is -2.00. The van der Waals surface area contributed by atoms with Crippen LogP contribution in [0.3, 0.4) is 0 Å². The monoisotopic (exact) mass is 1330 g/mol. The van der Waals surface area contributed by atoms with E-state index >= 15 is 0 Å². The molecule has 92 heavy (non-hydrogen) atoms. The predicted octanol–water partition coefficient (Wildman–Crippen LogP) is 2.15. The van der Waals surface area contributed by atoms with E-state index < -0.39 is 186 Å². The first-order valence-electron chi connectivity index (χ1n) is 35.5. The predicted molar refractivity (Wildman–Crippen MR) is 336 cm³/mol. The number of hydrogen-bond donors (Lipinski definition) is 17. The molecule has 4 aliphatic heterocycles. The molecule has 544 valence electrons. The van der Waals surface area contributed by atoms with Crippen LogP contribution in [0.15, 0.2) is 0 Å². The van der Waals surface area contributed by atoms with Crippen LogP contribution in [0.2, 0.25) is 0 Å². The Kier molecular flexibility index (Phi) is 42.8. The second-order valence-corrected chi connectivity index (χ2v) is 26.4. The maximum Gasteiger partial charge on any atom is 0.249 e. The van der Waals surface area contributed by atoms with Crippen molar-refractivity contribution in [3.05, 3.63) is 0 Å². The first-order valence-corrected chi connectivity index (χ1v) is 35.5. The van der Waals surface area contributed by atoms with Crippen LogP contribution >= 0.6 is 0 Å². The Hall–Kier alpha value is -1.49. The Balaban J connectivity index is 1.30. The summed E-state index contributed by atoms with van der Waals surface area (Å²) in [5.74, 6) is -0.819. The van der Waals surface area contributed by atoms with E-state index in [0.717, 1.165) is 51.4 Å². The molecule has 4 aliphatic rings. The molecule has 0 aromatic carbocycles. The van der Waals surface area contributed by atoms with Gasteiger partial charge in [-0.15, -0.1) is 0 Å². The molecule has 0 aromatic rings. The molecule has 24 atom stereocenters. The van der Waals surface area contributed by atoms with Gasteiger partial charge in [0, 0.05) is 0 Å². The number of unbranched alkanes of at least 4 members (excludes halogenated alkanes) is 30. The second kappa shape index (κ2) is 47.5. The summed E-state index contributed by atoms with van der Waals surface area (Å²) in [6.45, 7) is 0.614. The van der Waals surface area contributed by atoms with E-state index in [2.05, 4.69) is 19.2 Å². The molecule has 26 heteroatoms. The largest absolute Gasteiger partial charge is 0.394 e. The fraction of sp³-hybridized carbons (Fsp3) is 0.985. The highest BCUT2D eigenvalue weighted by atomic mass is 16.8. The molecule has 0 spiro atoms. The van der Waals surface area contributed by atoms with Crippen LogP contribution in [0.5, 0.6) is 0 Å². The quantitative estimate of drug-likeness (QED) is 0.0388. The molecule has 4 rings (SSSR count). The summed E-state index contributed by atoms with van der Waals surface area (Å²) in [5.41, 5.74) is 0. The summed E-state index contributed by atoms with van der Waals surface area (Å²) in [6, 6.07) is -1.37. The third-order valence-electron chi connectivity index (χ3n) is 18.7. The summed E-state index contributed by atoms with van der Waals surface area (Å²) < 4.78 is 45.7. The zero-order valence-electron chi connectivity index (χ0n) is 55.3. The van der Waals surface area contributed by atoms with E-state index in [1.165, 1.54) is 141 Å². The van der Waals surface area contributed by atoms with Gasteiger partial charge in [-0.2, -0.15) is 0 Å². The minimum Gasteiger partial charge on any atom is -0.394 e. The Morgan fingerprint density at radius 3 is 1.09 bits per heavy atom. The van der Waals surface area contributed by atoms with Gasteiger partial charge in [-0.3, -0.25) is 4.79 Å². The van der Waals surface area contributed by atoms with Gasteiger partial charge < -0.3 is 125 Å². The summed E-state index contributed by atoms with van der Waals surface area (Å²) in [5, 5.41) is 175. The van der Waals surface area contributed by atoms with Crippen LogP contribution in [0.25, 0.3) is 0 Å². The van der Waals surface area contributed by atoms with Gasteiger partial charge in [-0.1, -0.05) is 219 Å². The minimum absolute atomic E-state index is 0.147. The lowest BCUT2D eigenvalue weighted by atomic mass is 9.97. The van der Waals surface area contributed by atoms with Crippen LogP contribution in [0.4, 0.5) is 0 Å². The second-order valence-electron chi connectivity index (χ2n) is 26.4. The van der Waals surface area contributed by atoms with E-state index in [4.69, 9.17) is 37.9 Å². The number of carbonyl (C=O) groups is 1. The van der Waals surface area contributed by atoms with Crippen molar-refractivity contribution in [3.63, 3.8) is 0 Å². The average Bonchev–Trinajstić information content (AvgIpc) is 0.812. The van der Waals surface area contributed by atoms with Crippen molar-refractivity contribution >= 4 is 5.91 Å². The van der Waals surface area contributed by atoms with Gasteiger partial charge in [0.15, 0.2) is 25.2 Å². The summed E-state index contributed by atoms with van der Waals surface area (Å²) in [7, 11) is 0. The number of amides is 1. The maximum atomic E-state index is 13.6. The lowest BCUT2D eigenvalue weighted by Crippen LogP contribution is -2.65. The number of aliphatic hydroxyl groups excluding tert-OH is 16. The van der Waals surface area contributed by atoms with Gasteiger partial charge >= 0.3 is 0 Å². The third kappa shape index (κ3) is 28.8. The molecule has 0 unspecified atom stereocenters. The van der Waals surface area contributed by atoms with E-state index in [-0.39, 0.29) is 12.8 Å². The highest BCUT2D eigenvalue weighted by Gasteiger charge is 2.53. The average molecular weight is 1330 g/mol. The molecule has 26 nitrogen and oxygen atoms in total. The van der Waals surface area contributed by atoms with Crippen LogP contribution in [-0.2, 0) is 42.7 Å². The highest BCUT2D eigenvalue weighted by molar-refractivity contribution is 5.80. The Morgan fingerprint density at radius 2 is 0.685 bits per heavy atom. The third-order valence-corrected chi connectivity index (χ3v) is 18.7. The van der Waals surface area contributed by atoms with Gasteiger partial charge in [-0.25, -0.2) is 0 Å². The lowest BCUT2D eigenvalue weighted by Gasteiger charge is -2.46. The van der Waals surface area contributed by atoms with Crippen molar-refractivity contribution < 1.29 is 124 Å². The number of carbonyl (C=O) groups excluding carboxylic acids is 1. The van der Waals surface area contributed by atoms with Gasteiger partial charge in [0.1, 0.15) is 110 Å². The van der Waals surface area contributed by atoms with Gasteiger partial charge in [0.05, 0.1) is 45.2 Å². The van der Waals surface area contributed by atoms with Crippen molar-refractivity contribution in [1.29, 1.82) is 0 Å². The molecule has 4 heterocycles. The highest BCUT2D eigenvalue weighted by Crippen LogP contribution is 2.32. The first-order chi connectivity index (χ1) is 44.3. The fourth-order valence-corrected chi connectivity index (χ4v) is 12.5. The summed E-state index contributed by atoms with van der Waals surface area (Å²) in [4.78, 5) is 13.6. The molecule has 4 fully saturated rings. The Labute approximate surface area is 546 Å². The fourth-order valence-electron chi connectivity index (χ4n) is 12.5. The molecule has 0 bridgehead atoms. The molecule has 17 N–H and O–H groups in total. The van der Waals surface area contributed by atoms with Gasteiger partial charge in [-0.05, 0) is 12.8 Å². The van der Waals surface area contributed by atoms with E-state index in [1.54, 1.807) is 0 Å². The molecule has 1 amide bonds. The van der Waals surface area contributed by atoms with Crippen molar-refractivity contribution in [2.75, 3.05) is 33.0 Å². The molecular weight excluding hydrogens is 1210 g/mol. The number of hydrogen-bond acceptors (Lipinski definition) is 25. The zero-order valence-corrected chi connectivity index (χ0v) is 55.3. The number of ether oxygens (including phenoxy) is 8. The lowest BCUT2D eigenvalue weighted by molar-refractivity contribution is -0.374. The topological polar surface area (TPSA) is 427 Å². The number of rotatable bonds is 51. The van der Waals surface area contributed by atoms with Crippen LogP contribution in [0.1, 0.15) is 232 Å². The molecule has 0 aliphatic carbocycles. The SMILES string of the molecule is CCCCCCCCCCCCCCCCCCCCCC[C@@H](O)C(=O)N[C@@H](CO[C@@H]1O[C@H](CO[C@@H]2O[C@H](CO[C@@H]3O[C@H](CO)[C@H](O)[C@H](O)[C@H]3O[C@H]3O[C@H](CO)[C@@H](O)[C@H](O)[C@H]3O)[C@H](O)[C@H](O)[C@H]2O)[C@H](O)[C@H](O)[C@H]1O)[C@H](O)[C@H](O)CCCCCCCCCCCCCC. The van der Waals surface area contributed by atoms with Gasteiger partial charge in [0.2, 0.25) is 5.91 Å². The smallest absolute Gasteiger partial charge is 0.249 e. The molecule has 0 radical (unpaired) electrons. The first kappa shape index (κ1) is 82.9. The molecule has 0 saturated carbocycles. The Morgan fingerprint density at radius 1 is 0.370 bits per heavy atom. The Bertz CT molecular complexity index is 1840. The van der Waals surface area contributed by atoms with Crippen molar-refractivity contribution in [1.82, 2.24) is 5.32 Å². The normalized spacial score (nSPS) is 33.4. The zero-order chi connectivity index (χ0) is 67.4. The van der Waals surface area contributed by atoms with E-state index in [0.29, 0.717) is 12.8 Å². The summed E-state index contributed by atoms with van der Waals surface area (Å²) >= 11 is 0. The van der Waals surface area contributed by atoms with Crippen molar-refractivity contribution in [3.8, 4) is 0 Å². The van der Waals surface area contributed by atoms with E-state index in [9.17, 15) is 86.5 Å². The standard InChI is InChI=1S/C66H125NO25/c1-3-5-7-9-11-13-15-17-18-19-20-21-22-23-24-26-28-30-32-34-36-44(71)62(84)67-42(49(72)43(70)35-33-31-29-27-25-16-14-12-10-8-6-4-2)39-85-63-58(81)55(78)52(75)47(90-63)40-86-64-59(82)56(79)53(76)48(91-64)41-87-66-61(57(80)51(74)46(38-69)89-66)92-65-60(83)54(77)50(73)45(37-68)88-65/h42-61,63-66,68-83H,3-41H2,1-2H3,(H,67,84)/t42-,43+,44+,45+,46+,47+,48+,49-,50+,51-,52-,53-,54-,55-,56-,57-,58+,59+,60+,61+,63+,64+,65+,66+/m0/s1.